The molecule has 0 fully saturated rings. The molecular formula is C16H25ClN2O2. The van der Waals surface area contributed by atoms with Crippen LogP contribution in [-0.4, -0.2) is 25.1 Å². The standard InChI is InChI=1S/C16H25ClN2O2/c1-3-4-5-10-19-16(20)12(2)21-15-7-6-13(8-9-18)11-14(15)17/h6-7,11-12H,3-5,8-10,18H2,1-2H3,(H,19,20). The highest BCUT2D eigenvalue weighted by atomic mass is 35.5. The van der Waals surface area contributed by atoms with E-state index in [0.29, 0.717) is 23.9 Å². The summed E-state index contributed by atoms with van der Waals surface area (Å²) in [4.78, 5) is 11.9. The highest BCUT2D eigenvalue weighted by Gasteiger charge is 2.15. The van der Waals surface area contributed by atoms with Crippen LogP contribution < -0.4 is 15.8 Å². The monoisotopic (exact) mass is 312 g/mol. The van der Waals surface area contributed by atoms with Crippen LogP contribution in [0.3, 0.4) is 0 Å². The molecule has 0 radical (unpaired) electrons. The largest absolute Gasteiger partial charge is 0.479 e. The van der Waals surface area contributed by atoms with Gasteiger partial charge in [-0.15, -0.1) is 0 Å². The average molecular weight is 313 g/mol. The number of hydrogen-bond donors (Lipinski definition) is 2. The van der Waals surface area contributed by atoms with Crippen LogP contribution in [0.15, 0.2) is 18.2 Å². The lowest BCUT2D eigenvalue weighted by atomic mass is 10.1. The van der Waals surface area contributed by atoms with E-state index in [-0.39, 0.29) is 5.91 Å². The van der Waals surface area contributed by atoms with Crippen molar-refractivity contribution in [1.82, 2.24) is 5.32 Å². The number of halogens is 1. The van der Waals surface area contributed by atoms with Crippen LogP contribution in [-0.2, 0) is 11.2 Å². The number of unbranched alkanes of at least 4 members (excludes halogenated alkanes) is 2. The summed E-state index contributed by atoms with van der Waals surface area (Å²) < 4.78 is 5.62. The zero-order valence-corrected chi connectivity index (χ0v) is 13.6. The van der Waals surface area contributed by atoms with E-state index in [1.807, 2.05) is 12.1 Å². The molecule has 0 aliphatic carbocycles. The summed E-state index contributed by atoms with van der Waals surface area (Å²) in [6, 6.07) is 5.53. The SMILES string of the molecule is CCCCCNC(=O)C(C)Oc1ccc(CCN)cc1Cl. The molecule has 118 valence electrons. The first-order valence-corrected chi connectivity index (χ1v) is 7.89. The maximum absolute atomic E-state index is 11.9. The lowest BCUT2D eigenvalue weighted by Gasteiger charge is -2.16. The van der Waals surface area contributed by atoms with E-state index in [0.717, 1.165) is 31.2 Å². The van der Waals surface area contributed by atoms with Gasteiger partial charge in [0.15, 0.2) is 6.10 Å². The molecule has 0 aliphatic rings. The van der Waals surface area contributed by atoms with Gasteiger partial charge in [0.25, 0.3) is 5.91 Å². The number of rotatable bonds is 9. The quantitative estimate of drug-likeness (QED) is 0.689. The van der Waals surface area contributed by atoms with Gasteiger partial charge in [0.1, 0.15) is 5.75 Å². The van der Waals surface area contributed by atoms with E-state index in [9.17, 15) is 4.79 Å². The first-order valence-electron chi connectivity index (χ1n) is 7.51. The normalized spacial score (nSPS) is 12.0. The Hall–Kier alpha value is -1.26. The van der Waals surface area contributed by atoms with E-state index in [1.165, 1.54) is 0 Å². The molecule has 0 heterocycles. The molecular weight excluding hydrogens is 288 g/mol. The third kappa shape index (κ3) is 6.36. The van der Waals surface area contributed by atoms with Crippen molar-refractivity contribution in [2.45, 2.75) is 45.6 Å². The fourth-order valence-electron chi connectivity index (χ4n) is 1.94. The first-order chi connectivity index (χ1) is 10.1. The summed E-state index contributed by atoms with van der Waals surface area (Å²) in [6.45, 7) is 5.11. The van der Waals surface area contributed by atoms with Crippen molar-refractivity contribution in [2.75, 3.05) is 13.1 Å². The third-order valence-electron chi connectivity index (χ3n) is 3.18. The average Bonchev–Trinajstić information content (AvgIpc) is 2.46. The summed E-state index contributed by atoms with van der Waals surface area (Å²) in [5.74, 6) is 0.404. The van der Waals surface area contributed by atoms with Crippen molar-refractivity contribution >= 4 is 17.5 Å². The molecule has 0 saturated heterocycles. The number of benzene rings is 1. The number of nitrogens with one attached hydrogen (secondary N) is 1. The van der Waals surface area contributed by atoms with Gasteiger partial charge in [0, 0.05) is 6.54 Å². The molecule has 1 unspecified atom stereocenters. The van der Waals surface area contributed by atoms with Gasteiger partial charge in [-0.2, -0.15) is 0 Å². The molecule has 1 aromatic rings. The molecule has 0 spiro atoms. The zero-order valence-electron chi connectivity index (χ0n) is 12.8. The third-order valence-corrected chi connectivity index (χ3v) is 3.48. The molecule has 21 heavy (non-hydrogen) atoms. The minimum absolute atomic E-state index is 0.117. The minimum Gasteiger partial charge on any atom is -0.479 e. The first kappa shape index (κ1) is 17.8. The number of amides is 1. The Bertz CT molecular complexity index is 452. The second-order valence-electron chi connectivity index (χ2n) is 5.06. The topological polar surface area (TPSA) is 64.3 Å². The number of ether oxygens (including phenoxy) is 1. The van der Waals surface area contributed by atoms with E-state index < -0.39 is 6.10 Å². The Kier molecular flexibility index (Phi) is 8.16. The number of hydrogen-bond acceptors (Lipinski definition) is 3. The van der Waals surface area contributed by atoms with Crippen molar-refractivity contribution in [3.63, 3.8) is 0 Å². The number of carbonyl (C=O) groups is 1. The van der Waals surface area contributed by atoms with E-state index in [2.05, 4.69) is 12.2 Å². The fraction of sp³-hybridized carbons (Fsp3) is 0.562. The smallest absolute Gasteiger partial charge is 0.260 e. The summed E-state index contributed by atoms with van der Waals surface area (Å²) in [7, 11) is 0. The van der Waals surface area contributed by atoms with Gasteiger partial charge in [0.05, 0.1) is 5.02 Å². The van der Waals surface area contributed by atoms with Crippen LogP contribution >= 0.6 is 11.6 Å². The number of nitrogens with two attached hydrogens (primary N) is 1. The maximum Gasteiger partial charge on any atom is 0.260 e. The molecule has 0 bridgehead atoms. The van der Waals surface area contributed by atoms with Gasteiger partial charge < -0.3 is 15.8 Å². The highest BCUT2D eigenvalue weighted by molar-refractivity contribution is 6.32. The van der Waals surface area contributed by atoms with Crippen molar-refractivity contribution in [3.8, 4) is 5.75 Å². The summed E-state index contributed by atoms with van der Waals surface area (Å²) in [6.07, 6.45) is 3.44. The highest BCUT2D eigenvalue weighted by Crippen LogP contribution is 2.26. The molecule has 1 amide bonds. The lowest BCUT2D eigenvalue weighted by Crippen LogP contribution is -2.36. The van der Waals surface area contributed by atoms with Crippen LogP contribution in [0.1, 0.15) is 38.7 Å². The van der Waals surface area contributed by atoms with Crippen LogP contribution in [0, 0.1) is 0 Å². The Labute approximate surface area is 132 Å². The van der Waals surface area contributed by atoms with Gasteiger partial charge in [-0.1, -0.05) is 37.4 Å². The summed E-state index contributed by atoms with van der Waals surface area (Å²) >= 11 is 6.16. The minimum atomic E-state index is -0.565. The Morgan fingerprint density at radius 3 is 2.81 bits per heavy atom. The van der Waals surface area contributed by atoms with Crippen LogP contribution in [0.2, 0.25) is 5.02 Å². The van der Waals surface area contributed by atoms with Crippen LogP contribution in [0.4, 0.5) is 0 Å². The van der Waals surface area contributed by atoms with Crippen molar-refractivity contribution < 1.29 is 9.53 Å². The molecule has 0 aliphatic heterocycles. The molecule has 0 saturated carbocycles. The van der Waals surface area contributed by atoms with Gasteiger partial charge in [-0.25, -0.2) is 0 Å². The Balaban J connectivity index is 2.50. The molecule has 1 aromatic carbocycles. The molecule has 1 rings (SSSR count). The van der Waals surface area contributed by atoms with E-state index in [1.54, 1.807) is 13.0 Å². The molecule has 3 N–H and O–H groups in total. The van der Waals surface area contributed by atoms with Gasteiger partial charge in [-0.3, -0.25) is 4.79 Å². The molecule has 1 atom stereocenters. The Morgan fingerprint density at radius 1 is 1.43 bits per heavy atom. The van der Waals surface area contributed by atoms with Crippen molar-refractivity contribution in [3.05, 3.63) is 28.8 Å². The zero-order chi connectivity index (χ0) is 15.7. The van der Waals surface area contributed by atoms with E-state index >= 15 is 0 Å². The lowest BCUT2D eigenvalue weighted by molar-refractivity contribution is -0.127. The second-order valence-corrected chi connectivity index (χ2v) is 5.47. The summed E-state index contributed by atoms with van der Waals surface area (Å²) in [5.41, 5.74) is 6.57. The molecule has 0 aromatic heterocycles. The van der Waals surface area contributed by atoms with Crippen LogP contribution in [0.25, 0.3) is 0 Å². The van der Waals surface area contributed by atoms with Gasteiger partial charge in [-0.05, 0) is 44.0 Å². The van der Waals surface area contributed by atoms with Gasteiger partial charge in [0.2, 0.25) is 0 Å². The maximum atomic E-state index is 11.9. The molecule has 5 heteroatoms. The predicted octanol–water partition coefficient (Wildman–Crippen LogP) is 2.91. The predicted molar refractivity (Wildman–Crippen MR) is 86.8 cm³/mol. The van der Waals surface area contributed by atoms with Crippen molar-refractivity contribution in [2.24, 2.45) is 5.73 Å². The fourth-order valence-corrected chi connectivity index (χ4v) is 2.18. The van der Waals surface area contributed by atoms with Crippen molar-refractivity contribution in [1.29, 1.82) is 0 Å². The van der Waals surface area contributed by atoms with E-state index in [4.69, 9.17) is 22.1 Å². The molecule has 4 nitrogen and oxygen atoms in total. The van der Waals surface area contributed by atoms with Gasteiger partial charge >= 0.3 is 0 Å². The Morgan fingerprint density at radius 2 is 2.19 bits per heavy atom. The summed E-state index contributed by atoms with van der Waals surface area (Å²) in [5, 5.41) is 3.37. The van der Waals surface area contributed by atoms with Crippen LogP contribution in [0.5, 0.6) is 5.75 Å². The second kappa shape index (κ2) is 9.64. The number of carbonyl (C=O) groups excluding carboxylic acids is 1.